The van der Waals surface area contributed by atoms with E-state index in [9.17, 15) is 9.59 Å². The van der Waals surface area contributed by atoms with Crippen molar-refractivity contribution in [3.63, 3.8) is 0 Å². The first-order valence-electron chi connectivity index (χ1n) is 5.38. The molecule has 0 bridgehead atoms. The average molecular weight is 228 g/mol. The largest absolute Gasteiger partial charge is 0.295 e. The van der Waals surface area contributed by atoms with Crippen molar-refractivity contribution < 1.29 is 9.59 Å². The summed E-state index contributed by atoms with van der Waals surface area (Å²) in [5.74, 6) is -1.00. The van der Waals surface area contributed by atoms with Crippen molar-refractivity contribution in [3.05, 3.63) is 36.0 Å². The highest BCUT2D eigenvalue weighted by Crippen LogP contribution is 2.41. The number of nitriles is 1. The summed E-state index contributed by atoms with van der Waals surface area (Å²) in [5, 5.41) is 11.1. The maximum absolute atomic E-state index is 11.9. The number of nitrogens with zero attached hydrogens (tertiary/aromatic N) is 1. The standard InChI is InChI=1S/C13H12N2O2/c1-9(8-14)5-7-13-6-3-2-4-10(13)11(16)15-12(13)17/h2-6,10H,7H2,1H3,(H,15,16,17)/b9-5-. The molecular weight excluding hydrogens is 216 g/mol. The summed E-state index contributed by atoms with van der Waals surface area (Å²) >= 11 is 0. The molecule has 17 heavy (non-hydrogen) atoms. The van der Waals surface area contributed by atoms with Crippen LogP contribution in [0, 0.1) is 22.7 Å². The van der Waals surface area contributed by atoms with Crippen LogP contribution in [-0.4, -0.2) is 11.8 Å². The minimum Gasteiger partial charge on any atom is -0.295 e. The first-order chi connectivity index (χ1) is 8.10. The van der Waals surface area contributed by atoms with Gasteiger partial charge >= 0.3 is 0 Å². The van der Waals surface area contributed by atoms with Gasteiger partial charge in [0.25, 0.3) is 0 Å². The number of rotatable bonds is 2. The fourth-order valence-corrected chi connectivity index (χ4v) is 2.18. The Labute approximate surface area is 99.3 Å². The fourth-order valence-electron chi connectivity index (χ4n) is 2.18. The van der Waals surface area contributed by atoms with Crippen LogP contribution in [0.4, 0.5) is 0 Å². The molecule has 1 heterocycles. The number of fused-ring (bicyclic) bond motifs is 1. The number of imide groups is 1. The van der Waals surface area contributed by atoms with Crippen LogP contribution in [0.2, 0.25) is 0 Å². The second-order valence-corrected chi connectivity index (χ2v) is 4.28. The van der Waals surface area contributed by atoms with E-state index in [0.717, 1.165) is 0 Å². The van der Waals surface area contributed by atoms with Crippen molar-refractivity contribution in [3.8, 4) is 6.07 Å². The summed E-state index contributed by atoms with van der Waals surface area (Å²) in [6.07, 6.45) is 9.09. The third kappa shape index (κ3) is 1.70. The number of allylic oxidation sites excluding steroid dienone is 4. The van der Waals surface area contributed by atoms with Crippen LogP contribution in [0.3, 0.4) is 0 Å². The predicted octanol–water partition coefficient (Wildman–Crippen LogP) is 1.23. The van der Waals surface area contributed by atoms with Crippen LogP contribution >= 0.6 is 0 Å². The van der Waals surface area contributed by atoms with E-state index in [2.05, 4.69) is 5.32 Å². The smallest absolute Gasteiger partial charge is 0.238 e. The van der Waals surface area contributed by atoms with Gasteiger partial charge < -0.3 is 0 Å². The number of carbonyl (C=O) groups excluding carboxylic acids is 2. The lowest BCUT2D eigenvalue weighted by Gasteiger charge is -2.26. The predicted molar refractivity (Wildman–Crippen MR) is 61.3 cm³/mol. The highest BCUT2D eigenvalue weighted by atomic mass is 16.2. The Hall–Kier alpha value is -2.15. The van der Waals surface area contributed by atoms with E-state index < -0.39 is 11.3 Å². The van der Waals surface area contributed by atoms with Gasteiger partial charge in [-0.2, -0.15) is 5.26 Å². The molecule has 0 spiro atoms. The molecule has 2 atom stereocenters. The lowest BCUT2D eigenvalue weighted by Crippen LogP contribution is -2.33. The van der Waals surface area contributed by atoms with E-state index >= 15 is 0 Å². The molecule has 1 aliphatic carbocycles. The minimum absolute atomic E-state index is 0.265. The van der Waals surface area contributed by atoms with Gasteiger partial charge in [0.05, 0.1) is 17.4 Å². The summed E-state index contributed by atoms with van der Waals surface area (Å²) in [7, 11) is 0. The zero-order valence-electron chi connectivity index (χ0n) is 9.43. The molecule has 1 aliphatic heterocycles. The van der Waals surface area contributed by atoms with E-state index in [4.69, 9.17) is 5.26 Å². The van der Waals surface area contributed by atoms with Crippen LogP contribution in [-0.2, 0) is 9.59 Å². The molecule has 1 N–H and O–H groups in total. The Balaban J connectivity index is 2.36. The Kier molecular flexibility index (Phi) is 2.68. The van der Waals surface area contributed by atoms with Crippen LogP contribution in [0.15, 0.2) is 36.0 Å². The molecule has 1 fully saturated rings. The molecule has 86 valence electrons. The molecule has 2 rings (SSSR count). The zero-order chi connectivity index (χ0) is 12.5. The van der Waals surface area contributed by atoms with Crippen molar-refractivity contribution in [2.24, 2.45) is 11.3 Å². The molecule has 1 saturated heterocycles. The topological polar surface area (TPSA) is 70.0 Å². The molecule has 4 heteroatoms. The van der Waals surface area contributed by atoms with Gasteiger partial charge in [0.15, 0.2) is 0 Å². The van der Waals surface area contributed by atoms with E-state index in [-0.39, 0.29) is 11.8 Å². The summed E-state index contributed by atoms with van der Waals surface area (Å²) in [5.41, 5.74) is -0.294. The minimum atomic E-state index is -0.843. The zero-order valence-corrected chi connectivity index (χ0v) is 9.43. The number of hydrogen-bond acceptors (Lipinski definition) is 3. The quantitative estimate of drug-likeness (QED) is 0.571. The van der Waals surface area contributed by atoms with Crippen molar-refractivity contribution in [2.75, 3.05) is 0 Å². The molecule has 2 amide bonds. The first-order valence-corrected chi connectivity index (χ1v) is 5.38. The van der Waals surface area contributed by atoms with Crippen LogP contribution < -0.4 is 5.32 Å². The Bertz CT molecular complexity index is 508. The second kappa shape index (κ2) is 4.02. The van der Waals surface area contributed by atoms with Crippen molar-refractivity contribution in [1.29, 1.82) is 5.26 Å². The molecule has 0 saturated carbocycles. The van der Waals surface area contributed by atoms with Crippen molar-refractivity contribution in [2.45, 2.75) is 13.3 Å². The van der Waals surface area contributed by atoms with Gasteiger partial charge in [0.2, 0.25) is 11.8 Å². The summed E-state index contributed by atoms with van der Waals surface area (Å²) in [6, 6.07) is 2.01. The second-order valence-electron chi connectivity index (χ2n) is 4.28. The molecule has 2 unspecified atom stereocenters. The molecule has 0 radical (unpaired) electrons. The Morgan fingerprint density at radius 1 is 1.59 bits per heavy atom. The van der Waals surface area contributed by atoms with E-state index in [1.54, 1.807) is 37.3 Å². The van der Waals surface area contributed by atoms with Gasteiger partial charge in [-0.3, -0.25) is 14.9 Å². The van der Waals surface area contributed by atoms with Gasteiger partial charge in [-0.15, -0.1) is 0 Å². The van der Waals surface area contributed by atoms with Gasteiger partial charge in [-0.1, -0.05) is 30.4 Å². The third-order valence-corrected chi connectivity index (χ3v) is 3.23. The number of hydrogen-bond donors (Lipinski definition) is 1. The third-order valence-electron chi connectivity index (χ3n) is 3.23. The Morgan fingerprint density at radius 3 is 3.06 bits per heavy atom. The lowest BCUT2D eigenvalue weighted by molar-refractivity contribution is -0.127. The number of amides is 2. The summed E-state index contributed by atoms with van der Waals surface area (Å²) < 4.78 is 0. The summed E-state index contributed by atoms with van der Waals surface area (Å²) in [6.45, 7) is 1.68. The maximum Gasteiger partial charge on any atom is 0.238 e. The molecule has 0 aromatic rings. The number of nitrogens with one attached hydrogen (secondary N) is 1. The van der Waals surface area contributed by atoms with Gasteiger partial charge in [-0.05, 0) is 13.3 Å². The number of carbonyl (C=O) groups is 2. The van der Waals surface area contributed by atoms with Crippen molar-refractivity contribution >= 4 is 11.8 Å². The first kappa shape index (κ1) is 11.3. The van der Waals surface area contributed by atoms with Gasteiger partial charge in [0, 0.05) is 5.57 Å². The summed E-state index contributed by atoms with van der Waals surface area (Å²) in [4.78, 5) is 23.5. The lowest BCUT2D eigenvalue weighted by atomic mass is 9.72. The highest BCUT2D eigenvalue weighted by molar-refractivity contribution is 6.09. The van der Waals surface area contributed by atoms with Gasteiger partial charge in [0.1, 0.15) is 0 Å². The van der Waals surface area contributed by atoms with E-state index in [0.29, 0.717) is 12.0 Å². The van der Waals surface area contributed by atoms with Crippen LogP contribution in [0.25, 0.3) is 0 Å². The SMILES string of the molecule is C/C(C#N)=C/CC12C=CC=CC1C(=O)NC2=O. The van der Waals surface area contributed by atoms with Crippen LogP contribution in [0.5, 0.6) is 0 Å². The van der Waals surface area contributed by atoms with Crippen LogP contribution in [0.1, 0.15) is 13.3 Å². The normalized spacial score (nSPS) is 31.1. The average Bonchev–Trinajstić information content (AvgIpc) is 2.59. The van der Waals surface area contributed by atoms with E-state index in [1.807, 2.05) is 6.07 Å². The van der Waals surface area contributed by atoms with Gasteiger partial charge in [-0.25, -0.2) is 0 Å². The molecule has 2 aliphatic rings. The fraction of sp³-hybridized carbons (Fsp3) is 0.308. The van der Waals surface area contributed by atoms with Crippen molar-refractivity contribution in [1.82, 2.24) is 5.32 Å². The maximum atomic E-state index is 11.9. The molecule has 0 aromatic heterocycles. The monoisotopic (exact) mass is 228 g/mol. The Morgan fingerprint density at radius 2 is 2.35 bits per heavy atom. The molecule has 4 nitrogen and oxygen atoms in total. The molecule has 0 aromatic carbocycles. The van der Waals surface area contributed by atoms with E-state index in [1.165, 1.54) is 0 Å². The molecular formula is C13H12N2O2. The highest BCUT2D eigenvalue weighted by Gasteiger charge is 2.52.